The van der Waals surface area contributed by atoms with Gasteiger partial charge in [0.1, 0.15) is 0 Å². The summed E-state index contributed by atoms with van der Waals surface area (Å²) in [4.78, 5) is 11.9. The molecule has 0 aromatic rings. The van der Waals surface area contributed by atoms with Gasteiger partial charge in [-0.1, -0.05) is 26.2 Å². The van der Waals surface area contributed by atoms with Gasteiger partial charge in [-0.3, -0.25) is 4.79 Å². The lowest BCUT2D eigenvalue weighted by atomic mass is 9.81. The van der Waals surface area contributed by atoms with Crippen LogP contribution in [0.4, 0.5) is 0 Å². The van der Waals surface area contributed by atoms with Crippen molar-refractivity contribution in [3.05, 3.63) is 0 Å². The van der Waals surface area contributed by atoms with Crippen molar-refractivity contribution in [1.29, 1.82) is 0 Å². The number of hydrogen-bond acceptors (Lipinski definition) is 2. The van der Waals surface area contributed by atoms with Gasteiger partial charge in [-0.2, -0.15) is 0 Å². The van der Waals surface area contributed by atoms with Crippen LogP contribution in [0.25, 0.3) is 0 Å². The van der Waals surface area contributed by atoms with Gasteiger partial charge in [0.25, 0.3) is 0 Å². The summed E-state index contributed by atoms with van der Waals surface area (Å²) in [5, 5.41) is 6.55. The highest BCUT2D eigenvalue weighted by Crippen LogP contribution is 2.30. The van der Waals surface area contributed by atoms with E-state index in [1.165, 1.54) is 44.9 Å². The average molecular weight is 280 g/mol. The predicted molar refractivity (Wildman–Crippen MR) is 83.6 cm³/mol. The van der Waals surface area contributed by atoms with E-state index in [0.717, 1.165) is 50.2 Å². The van der Waals surface area contributed by atoms with E-state index in [1.54, 1.807) is 0 Å². The van der Waals surface area contributed by atoms with E-state index in [2.05, 4.69) is 17.6 Å². The number of carbonyl (C=O) groups is 1. The second-order valence-electron chi connectivity index (χ2n) is 6.83. The normalized spacial score (nSPS) is 28.2. The third-order valence-corrected chi connectivity index (χ3v) is 5.37. The lowest BCUT2D eigenvalue weighted by Gasteiger charge is -2.28. The Kier molecular flexibility index (Phi) is 6.85. The van der Waals surface area contributed by atoms with Crippen molar-refractivity contribution >= 4 is 5.91 Å². The van der Waals surface area contributed by atoms with Crippen molar-refractivity contribution in [2.24, 2.45) is 17.8 Å². The zero-order valence-corrected chi connectivity index (χ0v) is 13.1. The Morgan fingerprint density at radius 2 is 1.65 bits per heavy atom. The maximum Gasteiger partial charge on any atom is 0.220 e. The van der Waals surface area contributed by atoms with E-state index in [9.17, 15) is 4.79 Å². The molecule has 1 amide bonds. The first kappa shape index (κ1) is 15.8. The van der Waals surface area contributed by atoms with Gasteiger partial charge < -0.3 is 10.6 Å². The van der Waals surface area contributed by atoms with Crippen LogP contribution in [0.5, 0.6) is 0 Å². The van der Waals surface area contributed by atoms with E-state index < -0.39 is 0 Å². The van der Waals surface area contributed by atoms with Crippen molar-refractivity contribution in [3.8, 4) is 0 Å². The number of amides is 1. The molecule has 3 nitrogen and oxygen atoms in total. The molecule has 0 radical (unpaired) electrons. The van der Waals surface area contributed by atoms with Gasteiger partial charge >= 0.3 is 0 Å². The highest BCUT2D eigenvalue weighted by molar-refractivity contribution is 5.75. The minimum absolute atomic E-state index is 0.279. The molecule has 116 valence electrons. The zero-order valence-electron chi connectivity index (χ0n) is 13.1. The first-order valence-corrected chi connectivity index (χ1v) is 8.75. The van der Waals surface area contributed by atoms with Gasteiger partial charge in [-0.15, -0.1) is 0 Å². The molecule has 1 saturated heterocycles. The molecule has 0 bridgehead atoms. The number of nitrogens with one attached hydrogen (secondary N) is 2. The van der Waals surface area contributed by atoms with Crippen molar-refractivity contribution in [3.63, 3.8) is 0 Å². The summed E-state index contributed by atoms with van der Waals surface area (Å²) in [5.41, 5.74) is 0. The molecule has 0 atom stereocenters. The second-order valence-corrected chi connectivity index (χ2v) is 6.83. The first-order valence-electron chi connectivity index (χ1n) is 8.75. The third kappa shape index (κ3) is 5.43. The second kappa shape index (κ2) is 8.66. The Balaban J connectivity index is 1.53. The van der Waals surface area contributed by atoms with Crippen LogP contribution >= 0.6 is 0 Å². The molecule has 1 aliphatic heterocycles. The van der Waals surface area contributed by atoms with Crippen molar-refractivity contribution in [1.82, 2.24) is 10.6 Å². The molecule has 0 unspecified atom stereocenters. The lowest BCUT2D eigenvalue weighted by molar-refractivity contribution is -0.121. The third-order valence-electron chi connectivity index (χ3n) is 5.37. The van der Waals surface area contributed by atoms with Crippen LogP contribution in [-0.4, -0.2) is 25.5 Å². The van der Waals surface area contributed by atoms with Gasteiger partial charge in [0.15, 0.2) is 0 Å². The highest BCUT2D eigenvalue weighted by atomic mass is 16.1. The Morgan fingerprint density at radius 3 is 2.30 bits per heavy atom. The molecule has 1 saturated carbocycles. The summed E-state index contributed by atoms with van der Waals surface area (Å²) in [5.74, 6) is 2.73. The lowest BCUT2D eigenvalue weighted by Crippen LogP contribution is -2.32. The summed E-state index contributed by atoms with van der Waals surface area (Å²) in [7, 11) is 0. The number of piperidine rings is 1. The Bertz CT molecular complexity index is 279. The van der Waals surface area contributed by atoms with Crippen molar-refractivity contribution in [2.45, 2.75) is 64.7 Å². The van der Waals surface area contributed by atoms with E-state index in [-0.39, 0.29) is 5.91 Å². The van der Waals surface area contributed by atoms with Gasteiger partial charge in [0, 0.05) is 13.0 Å². The molecule has 0 spiro atoms. The van der Waals surface area contributed by atoms with Crippen LogP contribution in [0.1, 0.15) is 64.7 Å². The Hall–Kier alpha value is -0.570. The highest BCUT2D eigenvalue weighted by Gasteiger charge is 2.20. The first-order chi connectivity index (χ1) is 9.78. The molecule has 20 heavy (non-hydrogen) atoms. The fraction of sp³-hybridized carbons (Fsp3) is 0.941. The van der Waals surface area contributed by atoms with Gasteiger partial charge in [-0.05, 0) is 62.9 Å². The number of rotatable bonds is 6. The van der Waals surface area contributed by atoms with Crippen LogP contribution in [0.2, 0.25) is 0 Å². The summed E-state index contributed by atoms with van der Waals surface area (Å²) < 4.78 is 0. The van der Waals surface area contributed by atoms with E-state index in [0.29, 0.717) is 0 Å². The van der Waals surface area contributed by atoms with E-state index in [4.69, 9.17) is 0 Å². The average Bonchev–Trinajstić information content (AvgIpc) is 2.52. The number of carbonyl (C=O) groups excluding carboxylic acids is 1. The minimum Gasteiger partial charge on any atom is -0.356 e. The molecule has 0 aromatic heterocycles. The topological polar surface area (TPSA) is 41.1 Å². The Morgan fingerprint density at radius 1 is 1.00 bits per heavy atom. The number of hydrogen-bond donors (Lipinski definition) is 2. The summed E-state index contributed by atoms with van der Waals surface area (Å²) in [6, 6.07) is 0. The molecule has 2 aliphatic rings. The summed E-state index contributed by atoms with van der Waals surface area (Å²) in [6.45, 7) is 5.48. The van der Waals surface area contributed by atoms with E-state index in [1.807, 2.05) is 0 Å². The zero-order chi connectivity index (χ0) is 14.2. The van der Waals surface area contributed by atoms with Gasteiger partial charge in [-0.25, -0.2) is 0 Å². The maximum atomic E-state index is 11.9. The molecule has 3 heteroatoms. The monoisotopic (exact) mass is 280 g/mol. The summed E-state index contributed by atoms with van der Waals surface area (Å²) in [6.07, 6.45) is 11.0. The fourth-order valence-corrected chi connectivity index (χ4v) is 3.70. The van der Waals surface area contributed by atoms with Crippen molar-refractivity contribution < 1.29 is 4.79 Å². The SMILES string of the molecule is CCC1CCC(CNC(=O)CCC2CCNCC2)CC1. The van der Waals surface area contributed by atoms with E-state index >= 15 is 0 Å². The molecular formula is C17H32N2O. The fourth-order valence-electron chi connectivity index (χ4n) is 3.70. The van der Waals surface area contributed by atoms with Crippen molar-refractivity contribution in [2.75, 3.05) is 19.6 Å². The van der Waals surface area contributed by atoms with Gasteiger partial charge in [0.2, 0.25) is 5.91 Å². The van der Waals surface area contributed by atoms with Crippen LogP contribution in [-0.2, 0) is 4.79 Å². The molecule has 2 N–H and O–H groups in total. The maximum absolute atomic E-state index is 11.9. The van der Waals surface area contributed by atoms with Crippen LogP contribution < -0.4 is 10.6 Å². The largest absolute Gasteiger partial charge is 0.356 e. The molecule has 1 heterocycles. The molecule has 2 rings (SSSR count). The summed E-state index contributed by atoms with van der Waals surface area (Å²) >= 11 is 0. The smallest absolute Gasteiger partial charge is 0.220 e. The molecule has 1 aliphatic carbocycles. The minimum atomic E-state index is 0.279. The van der Waals surface area contributed by atoms with Gasteiger partial charge in [0.05, 0.1) is 0 Å². The van der Waals surface area contributed by atoms with Crippen LogP contribution in [0.3, 0.4) is 0 Å². The molecular weight excluding hydrogens is 248 g/mol. The van der Waals surface area contributed by atoms with Crippen LogP contribution in [0, 0.1) is 17.8 Å². The standard InChI is InChI=1S/C17H32N2O/c1-2-14-3-5-16(6-4-14)13-19-17(20)8-7-15-9-11-18-12-10-15/h14-16,18H,2-13H2,1H3,(H,19,20). The molecule has 0 aromatic carbocycles. The molecule has 2 fully saturated rings. The Labute approximate surface area is 124 Å². The van der Waals surface area contributed by atoms with Crippen LogP contribution in [0.15, 0.2) is 0 Å². The quantitative estimate of drug-likeness (QED) is 0.785. The predicted octanol–water partition coefficient (Wildman–Crippen LogP) is 3.10.